The van der Waals surface area contributed by atoms with Gasteiger partial charge in [0.2, 0.25) is 0 Å². The molecule has 2 amide bonds. The molecule has 0 bridgehead atoms. The lowest BCUT2D eigenvalue weighted by atomic mass is 10.1. The highest BCUT2D eigenvalue weighted by Crippen LogP contribution is 2.33. The van der Waals surface area contributed by atoms with Gasteiger partial charge in [-0.1, -0.05) is 24.3 Å². The molecule has 0 radical (unpaired) electrons. The van der Waals surface area contributed by atoms with E-state index >= 15 is 0 Å². The molecule has 1 heterocycles. The summed E-state index contributed by atoms with van der Waals surface area (Å²) in [6.07, 6.45) is -0.638. The highest BCUT2D eigenvalue weighted by Gasteiger charge is 2.27. The van der Waals surface area contributed by atoms with E-state index in [1.807, 2.05) is 24.3 Å². The lowest BCUT2D eigenvalue weighted by molar-refractivity contribution is -0.122. The van der Waals surface area contributed by atoms with Crippen LogP contribution >= 0.6 is 0 Å². The summed E-state index contributed by atoms with van der Waals surface area (Å²) in [6, 6.07) is 12.6. The van der Waals surface area contributed by atoms with Crippen LogP contribution < -0.4 is 20.1 Å². The van der Waals surface area contributed by atoms with Crippen molar-refractivity contribution in [3.63, 3.8) is 0 Å². The first kappa shape index (κ1) is 15.9. The van der Waals surface area contributed by atoms with Crippen molar-refractivity contribution in [1.29, 1.82) is 0 Å². The van der Waals surface area contributed by atoms with Crippen molar-refractivity contribution in [3.8, 4) is 11.5 Å². The van der Waals surface area contributed by atoms with Crippen LogP contribution in [0.3, 0.4) is 0 Å². The largest absolute Gasteiger partial charge is 0.496 e. The average molecular weight is 326 g/mol. The molecule has 2 aromatic rings. The van der Waals surface area contributed by atoms with Gasteiger partial charge in [-0.25, -0.2) is 0 Å². The summed E-state index contributed by atoms with van der Waals surface area (Å²) in [5, 5.41) is 5.59. The molecule has 24 heavy (non-hydrogen) atoms. The third-order valence-electron chi connectivity index (χ3n) is 3.81. The quantitative estimate of drug-likeness (QED) is 0.904. The Hall–Kier alpha value is -3.02. The number of para-hydroxylation sites is 2. The highest BCUT2D eigenvalue weighted by atomic mass is 16.5. The van der Waals surface area contributed by atoms with E-state index in [2.05, 4.69) is 10.6 Å². The SMILES string of the molecule is COc1ccccc1CNC(=O)c1cccc2c1OC(C)C(=O)N2. The zero-order valence-corrected chi connectivity index (χ0v) is 13.5. The molecule has 1 aliphatic rings. The number of carbonyl (C=O) groups excluding carboxylic acids is 2. The Balaban J connectivity index is 1.79. The number of hydrogen-bond donors (Lipinski definition) is 2. The molecule has 1 aliphatic heterocycles. The van der Waals surface area contributed by atoms with Crippen LogP contribution in [0.5, 0.6) is 11.5 Å². The topological polar surface area (TPSA) is 76.7 Å². The number of methoxy groups -OCH3 is 1. The molecular formula is C18H18N2O4. The summed E-state index contributed by atoms with van der Waals surface area (Å²) in [6.45, 7) is 1.97. The van der Waals surface area contributed by atoms with Gasteiger partial charge < -0.3 is 20.1 Å². The fourth-order valence-corrected chi connectivity index (χ4v) is 2.53. The highest BCUT2D eigenvalue weighted by molar-refractivity contribution is 6.03. The van der Waals surface area contributed by atoms with Crippen molar-refractivity contribution in [3.05, 3.63) is 53.6 Å². The molecule has 0 aromatic heterocycles. The van der Waals surface area contributed by atoms with Gasteiger partial charge in [0.05, 0.1) is 18.4 Å². The third-order valence-corrected chi connectivity index (χ3v) is 3.81. The molecule has 6 nitrogen and oxygen atoms in total. The zero-order chi connectivity index (χ0) is 17.1. The van der Waals surface area contributed by atoms with Crippen molar-refractivity contribution in [2.24, 2.45) is 0 Å². The van der Waals surface area contributed by atoms with E-state index in [0.29, 0.717) is 29.3 Å². The van der Waals surface area contributed by atoms with Gasteiger partial charge in [0.15, 0.2) is 11.9 Å². The van der Waals surface area contributed by atoms with Gasteiger partial charge in [-0.15, -0.1) is 0 Å². The molecule has 0 saturated heterocycles. The maximum atomic E-state index is 12.5. The molecular weight excluding hydrogens is 308 g/mol. The zero-order valence-electron chi connectivity index (χ0n) is 13.5. The second-order valence-corrected chi connectivity index (χ2v) is 5.43. The van der Waals surface area contributed by atoms with E-state index in [4.69, 9.17) is 9.47 Å². The van der Waals surface area contributed by atoms with E-state index in [1.54, 1.807) is 32.2 Å². The van der Waals surface area contributed by atoms with Crippen molar-refractivity contribution in [1.82, 2.24) is 5.32 Å². The van der Waals surface area contributed by atoms with E-state index in [1.165, 1.54) is 0 Å². The molecule has 1 atom stereocenters. The molecule has 0 saturated carbocycles. The molecule has 124 valence electrons. The Bertz CT molecular complexity index is 788. The van der Waals surface area contributed by atoms with Crippen molar-refractivity contribution in [2.75, 3.05) is 12.4 Å². The average Bonchev–Trinajstić information content (AvgIpc) is 2.60. The summed E-state index contributed by atoms with van der Waals surface area (Å²) in [4.78, 5) is 24.2. The minimum atomic E-state index is -0.638. The molecule has 0 spiro atoms. The summed E-state index contributed by atoms with van der Waals surface area (Å²) < 4.78 is 10.9. The number of hydrogen-bond acceptors (Lipinski definition) is 4. The third kappa shape index (κ3) is 3.03. The number of anilines is 1. The van der Waals surface area contributed by atoms with Crippen LogP contribution in [-0.4, -0.2) is 25.0 Å². The smallest absolute Gasteiger partial charge is 0.265 e. The summed E-state index contributed by atoms with van der Waals surface area (Å²) in [5.41, 5.74) is 1.76. The predicted octanol–water partition coefficient (Wildman–Crippen LogP) is 2.34. The van der Waals surface area contributed by atoms with Gasteiger partial charge in [-0.05, 0) is 25.1 Å². The van der Waals surface area contributed by atoms with Crippen LogP contribution in [0.25, 0.3) is 0 Å². The van der Waals surface area contributed by atoms with Crippen LogP contribution in [0.1, 0.15) is 22.8 Å². The number of carbonyl (C=O) groups is 2. The van der Waals surface area contributed by atoms with Crippen molar-refractivity contribution < 1.29 is 19.1 Å². The molecule has 2 aromatic carbocycles. The number of fused-ring (bicyclic) bond motifs is 1. The first-order chi connectivity index (χ1) is 11.6. The Labute approximate surface area is 139 Å². The van der Waals surface area contributed by atoms with Gasteiger partial charge in [-0.2, -0.15) is 0 Å². The Morgan fingerprint density at radius 3 is 2.83 bits per heavy atom. The van der Waals surface area contributed by atoms with Crippen molar-refractivity contribution >= 4 is 17.5 Å². The Morgan fingerprint density at radius 1 is 1.25 bits per heavy atom. The van der Waals surface area contributed by atoms with Crippen LogP contribution in [0, 0.1) is 0 Å². The molecule has 6 heteroatoms. The van der Waals surface area contributed by atoms with Crippen molar-refractivity contribution in [2.45, 2.75) is 19.6 Å². The monoisotopic (exact) mass is 326 g/mol. The van der Waals surface area contributed by atoms with E-state index in [0.717, 1.165) is 5.56 Å². The van der Waals surface area contributed by atoms with Crippen LogP contribution in [-0.2, 0) is 11.3 Å². The summed E-state index contributed by atoms with van der Waals surface area (Å²) >= 11 is 0. The summed E-state index contributed by atoms with van der Waals surface area (Å²) in [7, 11) is 1.59. The predicted molar refractivity (Wildman–Crippen MR) is 89.3 cm³/mol. The number of benzene rings is 2. The van der Waals surface area contributed by atoms with Gasteiger partial charge >= 0.3 is 0 Å². The standard InChI is InChI=1S/C18H18N2O4/c1-11-17(21)20-14-8-5-7-13(16(14)24-11)18(22)19-10-12-6-3-4-9-15(12)23-2/h3-9,11H,10H2,1-2H3,(H,19,22)(H,20,21). The van der Waals surface area contributed by atoms with E-state index in [-0.39, 0.29) is 11.8 Å². The first-order valence-electron chi connectivity index (χ1n) is 7.60. The number of amides is 2. The second kappa shape index (κ2) is 6.62. The maximum absolute atomic E-state index is 12.5. The first-order valence-corrected chi connectivity index (χ1v) is 7.60. The molecule has 3 rings (SSSR count). The lowest BCUT2D eigenvalue weighted by Crippen LogP contribution is -2.35. The molecule has 1 unspecified atom stereocenters. The number of nitrogens with one attached hydrogen (secondary N) is 2. The normalized spacial score (nSPS) is 15.8. The maximum Gasteiger partial charge on any atom is 0.265 e. The van der Waals surface area contributed by atoms with Crippen LogP contribution in [0.2, 0.25) is 0 Å². The minimum Gasteiger partial charge on any atom is -0.496 e. The van der Waals surface area contributed by atoms with E-state index in [9.17, 15) is 9.59 Å². The minimum absolute atomic E-state index is 0.228. The van der Waals surface area contributed by atoms with E-state index < -0.39 is 6.10 Å². The second-order valence-electron chi connectivity index (χ2n) is 5.43. The van der Waals surface area contributed by atoms with Gasteiger partial charge in [0, 0.05) is 12.1 Å². The molecule has 2 N–H and O–H groups in total. The number of rotatable bonds is 4. The van der Waals surface area contributed by atoms with Gasteiger partial charge in [-0.3, -0.25) is 9.59 Å². The number of ether oxygens (including phenoxy) is 2. The van der Waals surface area contributed by atoms with Gasteiger partial charge in [0.25, 0.3) is 11.8 Å². The fourth-order valence-electron chi connectivity index (χ4n) is 2.53. The van der Waals surface area contributed by atoms with Gasteiger partial charge in [0.1, 0.15) is 5.75 Å². The molecule has 0 aliphatic carbocycles. The Kier molecular flexibility index (Phi) is 4.37. The van der Waals surface area contributed by atoms with Crippen LogP contribution in [0.15, 0.2) is 42.5 Å². The molecule has 0 fully saturated rings. The Morgan fingerprint density at radius 2 is 2.04 bits per heavy atom. The lowest BCUT2D eigenvalue weighted by Gasteiger charge is -2.25. The fraction of sp³-hybridized carbons (Fsp3) is 0.222. The summed E-state index contributed by atoms with van der Waals surface area (Å²) in [5.74, 6) is 0.599. The van der Waals surface area contributed by atoms with Crippen LogP contribution in [0.4, 0.5) is 5.69 Å².